The number of carbonyl (C=O) groups is 1. The van der Waals surface area contributed by atoms with Gasteiger partial charge in [0, 0.05) is 41.3 Å². The van der Waals surface area contributed by atoms with Crippen molar-refractivity contribution in [3.8, 4) is 0 Å². The molecule has 1 aromatic rings. The van der Waals surface area contributed by atoms with Crippen LogP contribution in [0.25, 0.3) is 0 Å². The Balaban J connectivity index is 2.00. The fourth-order valence-electron chi connectivity index (χ4n) is 2.05. The summed E-state index contributed by atoms with van der Waals surface area (Å²) in [6, 6.07) is 4.11. The summed E-state index contributed by atoms with van der Waals surface area (Å²) in [5, 5.41) is 26.1. The molecule has 8 heteroatoms. The van der Waals surface area contributed by atoms with Gasteiger partial charge in [0.25, 0.3) is 11.6 Å². The van der Waals surface area contributed by atoms with E-state index in [0.717, 1.165) is 0 Å². The molecule has 2 unspecified atom stereocenters. The van der Waals surface area contributed by atoms with Gasteiger partial charge in [0.2, 0.25) is 0 Å². The maximum absolute atomic E-state index is 12.0. The average molecular weight is 391 g/mol. The van der Waals surface area contributed by atoms with E-state index >= 15 is 0 Å². The summed E-state index contributed by atoms with van der Waals surface area (Å²) in [5.41, 5.74) is 0.359. The smallest absolute Gasteiger partial charge is 0.270 e. The Morgan fingerprint density at radius 1 is 1.55 bits per heavy atom. The minimum absolute atomic E-state index is 0.00494. The molecule has 1 aliphatic rings. The van der Waals surface area contributed by atoms with Crippen LogP contribution in [0.2, 0.25) is 0 Å². The largest absolute Gasteiger partial charge is 0.391 e. The van der Waals surface area contributed by atoms with Gasteiger partial charge in [-0.25, -0.2) is 0 Å². The standard InChI is InChI=1S/C12H14IN3O4/c13-10-3-8(16(19)20)1-2-9(10)12(18)15-5-7-4-14-6-11(7)17/h1-3,7,11,14,17H,4-6H2,(H,15,18). The lowest BCUT2D eigenvalue weighted by molar-refractivity contribution is -0.384. The van der Waals surface area contributed by atoms with Crippen molar-refractivity contribution >= 4 is 34.2 Å². The van der Waals surface area contributed by atoms with E-state index in [9.17, 15) is 20.0 Å². The minimum atomic E-state index is -0.496. The molecule has 1 fully saturated rings. The van der Waals surface area contributed by atoms with Crippen LogP contribution in [-0.2, 0) is 0 Å². The van der Waals surface area contributed by atoms with Crippen LogP contribution < -0.4 is 10.6 Å². The second kappa shape index (κ2) is 6.46. The Bertz CT molecular complexity index is 537. The number of aliphatic hydroxyl groups is 1. The van der Waals surface area contributed by atoms with Crippen LogP contribution in [0.1, 0.15) is 10.4 Å². The highest BCUT2D eigenvalue weighted by Crippen LogP contribution is 2.19. The third-order valence-electron chi connectivity index (χ3n) is 3.24. The lowest BCUT2D eigenvalue weighted by atomic mass is 10.1. The Morgan fingerprint density at radius 2 is 2.30 bits per heavy atom. The van der Waals surface area contributed by atoms with Gasteiger partial charge in [-0.15, -0.1) is 0 Å². The van der Waals surface area contributed by atoms with E-state index in [0.29, 0.717) is 28.8 Å². The number of aliphatic hydroxyl groups excluding tert-OH is 1. The van der Waals surface area contributed by atoms with Crippen molar-refractivity contribution in [1.29, 1.82) is 0 Å². The van der Waals surface area contributed by atoms with Crippen LogP contribution in [-0.4, -0.2) is 41.7 Å². The molecule has 7 nitrogen and oxygen atoms in total. The Morgan fingerprint density at radius 3 is 2.85 bits per heavy atom. The molecule has 2 atom stereocenters. The molecule has 1 aromatic carbocycles. The Kier molecular flexibility index (Phi) is 4.89. The summed E-state index contributed by atoms with van der Waals surface area (Å²) in [6.07, 6.45) is -0.453. The van der Waals surface area contributed by atoms with E-state index in [1.807, 2.05) is 22.6 Å². The SMILES string of the molecule is O=C(NCC1CNCC1O)c1ccc([N+](=O)[O-])cc1I. The number of rotatable bonds is 4. The first-order chi connectivity index (χ1) is 9.49. The number of benzene rings is 1. The van der Waals surface area contributed by atoms with Gasteiger partial charge in [-0.3, -0.25) is 14.9 Å². The van der Waals surface area contributed by atoms with Crippen LogP contribution in [0.4, 0.5) is 5.69 Å². The van der Waals surface area contributed by atoms with Gasteiger partial charge >= 0.3 is 0 Å². The van der Waals surface area contributed by atoms with E-state index in [-0.39, 0.29) is 17.5 Å². The number of nitrogens with zero attached hydrogens (tertiary/aromatic N) is 1. The summed E-state index contributed by atoms with van der Waals surface area (Å²) in [5.74, 6) is -0.293. The van der Waals surface area contributed by atoms with Crippen molar-refractivity contribution in [3.63, 3.8) is 0 Å². The fraction of sp³-hybridized carbons (Fsp3) is 0.417. The van der Waals surface area contributed by atoms with Crippen LogP contribution >= 0.6 is 22.6 Å². The number of halogens is 1. The van der Waals surface area contributed by atoms with Gasteiger partial charge in [0.1, 0.15) is 0 Å². The highest BCUT2D eigenvalue weighted by molar-refractivity contribution is 14.1. The summed E-state index contributed by atoms with van der Waals surface area (Å²) >= 11 is 1.90. The molecule has 1 saturated heterocycles. The summed E-state index contributed by atoms with van der Waals surface area (Å²) in [4.78, 5) is 22.2. The number of nitro benzene ring substituents is 1. The van der Waals surface area contributed by atoms with Gasteiger partial charge in [-0.2, -0.15) is 0 Å². The van der Waals surface area contributed by atoms with Gasteiger partial charge in [0.05, 0.1) is 16.6 Å². The molecule has 1 amide bonds. The van der Waals surface area contributed by atoms with E-state index in [2.05, 4.69) is 10.6 Å². The highest BCUT2D eigenvalue weighted by Gasteiger charge is 2.25. The van der Waals surface area contributed by atoms with E-state index in [4.69, 9.17) is 0 Å². The Hall–Kier alpha value is -1.26. The minimum Gasteiger partial charge on any atom is -0.391 e. The molecule has 3 N–H and O–H groups in total. The van der Waals surface area contributed by atoms with Crippen molar-refractivity contribution in [3.05, 3.63) is 37.4 Å². The molecular formula is C12H14IN3O4. The average Bonchev–Trinajstić information content (AvgIpc) is 2.81. The summed E-state index contributed by atoms with van der Waals surface area (Å²) < 4.78 is 0.527. The number of nitrogens with one attached hydrogen (secondary N) is 2. The molecule has 0 spiro atoms. The first-order valence-electron chi connectivity index (χ1n) is 6.10. The third kappa shape index (κ3) is 3.44. The third-order valence-corrected chi connectivity index (χ3v) is 4.13. The van der Waals surface area contributed by atoms with Gasteiger partial charge in [-0.1, -0.05) is 0 Å². The molecule has 1 heterocycles. The zero-order chi connectivity index (χ0) is 14.7. The molecule has 108 valence electrons. The number of carbonyl (C=O) groups excluding carboxylic acids is 1. The maximum Gasteiger partial charge on any atom is 0.270 e. The molecule has 0 saturated carbocycles. The summed E-state index contributed by atoms with van der Waals surface area (Å²) in [7, 11) is 0. The number of β-amino-alcohol motifs (C(OH)–C–C–N with tert-alkyl or cyclic N) is 1. The van der Waals surface area contributed by atoms with Crippen LogP contribution in [0.5, 0.6) is 0 Å². The topological polar surface area (TPSA) is 104 Å². The predicted octanol–water partition coefficient (Wildman–Crippen LogP) is 0.510. The van der Waals surface area contributed by atoms with Crippen molar-refractivity contribution in [2.75, 3.05) is 19.6 Å². The number of amides is 1. The zero-order valence-corrected chi connectivity index (χ0v) is 12.7. The Labute approximate surface area is 129 Å². The number of nitro groups is 1. The number of hydrogen-bond acceptors (Lipinski definition) is 5. The van der Waals surface area contributed by atoms with E-state index < -0.39 is 11.0 Å². The lowest BCUT2D eigenvalue weighted by Crippen LogP contribution is -2.34. The second-order valence-corrected chi connectivity index (χ2v) is 5.78. The fourth-order valence-corrected chi connectivity index (χ4v) is 2.79. The second-order valence-electron chi connectivity index (χ2n) is 4.62. The zero-order valence-electron chi connectivity index (χ0n) is 10.5. The quantitative estimate of drug-likeness (QED) is 0.394. The van der Waals surface area contributed by atoms with E-state index in [1.54, 1.807) is 0 Å². The first kappa shape index (κ1) is 15.1. The molecule has 0 radical (unpaired) electrons. The first-order valence-corrected chi connectivity index (χ1v) is 7.18. The molecule has 20 heavy (non-hydrogen) atoms. The monoisotopic (exact) mass is 391 g/mol. The molecule has 0 bridgehead atoms. The van der Waals surface area contributed by atoms with Crippen molar-refractivity contribution in [2.24, 2.45) is 5.92 Å². The molecule has 0 aromatic heterocycles. The lowest BCUT2D eigenvalue weighted by Gasteiger charge is -2.14. The van der Waals surface area contributed by atoms with Crippen LogP contribution in [0, 0.1) is 19.6 Å². The molecule has 0 aliphatic carbocycles. The molecule has 2 rings (SSSR count). The van der Waals surface area contributed by atoms with Gasteiger partial charge < -0.3 is 15.7 Å². The summed E-state index contributed by atoms with van der Waals surface area (Å²) in [6.45, 7) is 1.58. The number of non-ortho nitro benzene ring substituents is 1. The van der Waals surface area contributed by atoms with Crippen molar-refractivity contribution in [2.45, 2.75) is 6.10 Å². The maximum atomic E-state index is 12.0. The molecule has 1 aliphatic heterocycles. The van der Waals surface area contributed by atoms with Crippen LogP contribution in [0.15, 0.2) is 18.2 Å². The molecular weight excluding hydrogens is 377 g/mol. The normalized spacial score (nSPS) is 21.7. The van der Waals surface area contributed by atoms with Gasteiger partial charge in [-0.05, 0) is 28.7 Å². The van der Waals surface area contributed by atoms with E-state index in [1.165, 1.54) is 18.2 Å². The highest BCUT2D eigenvalue weighted by atomic mass is 127. The number of hydrogen-bond donors (Lipinski definition) is 3. The van der Waals surface area contributed by atoms with Gasteiger partial charge in [0.15, 0.2) is 0 Å². The van der Waals surface area contributed by atoms with Crippen molar-refractivity contribution < 1.29 is 14.8 Å². The predicted molar refractivity (Wildman–Crippen MR) is 80.5 cm³/mol. The van der Waals surface area contributed by atoms with Crippen molar-refractivity contribution in [1.82, 2.24) is 10.6 Å². The van der Waals surface area contributed by atoms with Crippen LogP contribution in [0.3, 0.4) is 0 Å².